The standard InChI is InChI=1S/C20H30Cl2F10OS/c21-13-5-1-3-7-15(9-11-17(23,24)19(27,28)29)34(33)16(8-4-2-6-14-22)10-12-18(25,26)20(30,31)32/h15-16H,1-14H2. The van der Waals surface area contributed by atoms with Gasteiger partial charge in [-0.25, -0.2) is 0 Å². The van der Waals surface area contributed by atoms with Crippen molar-refractivity contribution in [2.75, 3.05) is 11.8 Å². The molecule has 0 bridgehead atoms. The zero-order chi connectivity index (χ0) is 26.6. The average Bonchev–Trinajstić information content (AvgIpc) is 2.70. The SMILES string of the molecule is O=S(C(CCCCCCl)CCC(F)(F)C(F)(F)F)C(CCCCCCl)CCC(F)(F)C(F)(F)F. The van der Waals surface area contributed by atoms with Gasteiger partial charge in [0.25, 0.3) is 0 Å². The summed E-state index contributed by atoms with van der Waals surface area (Å²) in [6.45, 7) is 0. The van der Waals surface area contributed by atoms with Gasteiger partial charge in [0.1, 0.15) is 0 Å². The Bertz CT molecular complexity index is 537. The van der Waals surface area contributed by atoms with Gasteiger partial charge in [0.05, 0.1) is 0 Å². The molecule has 0 spiro atoms. The molecule has 0 aliphatic rings. The van der Waals surface area contributed by atoms with Crippen LogP contribution < -0.4 is 0 Å². The average molecular weight is 579 g/mol. The molecule has 0 fully saturated rings. The molecule has 2 atom stereocenters. The fourth-order valence-electron chi connectivity index (χ4n) is 3.28. The van der Waals surface area contributed by atoms with Crippen LogP contribution in [0.15, 0.2) is 0 Å². The second-order valence-corrected chi connectivity index (χ2v) is 10.9. The highest BCUT2D eigenvalue weighted by Gasteiger charge is 2.58. The van der Waals surface area contributed by atoms with Gasteiger partial charge in [0.2, 0.25) is 0 Å². The normalized spacial score (nSPS) is 16.5. The molecule has 0 rings (SSSR count). The zero-order valence-corrected chi connectivity index (χ0v) is 20.7. The minimum absolute atomic E-state index is 0.0364. The maximum Gasteiger partial charge on any atom is 0.453 e. The van der Waals surface area contributed by atoms with E-state index < -0.39 is 71.2 Å². The van der Waals surface area contributed by atoms with E-state index in [0.29, 0.717) is 38.5 Å². The molecule has 0 aromatic carbocycles. The summed E-state index contributed by atoms with van der Waals surface area (Å²) in [6.07, 6.45) is -14.1. The van der Waals surface area contributed by atoms with Gasteiger partial charge in [-0.05, 0) is 38.5 Å². The first kappa shape index (κ1) is 34.0. The summed E-state index contributed by atoms with van der Waals surface area (Å²) in [5, 5.41) is -2.41. The van der Waals surface area contributed by atoms with Crippen LogP contribution in [0.1, 0.15) is 77.0 Å². The number of hydrogen-bond acceptors (Lipinski definition) is 1. The monoisotopic (exact) mass is 578 g/mol. The van der Waals surface area contributed by atoms with Gasteiger partial charge in [-0.2, -0.15) is 43.9 Å². The second kappa shape index (κ2) is 15.3. The number of halogens is 12. The van der Waals surface area contributed by atoms with Gasteiger partial charge in [0, 0.05) is 45.9 Å². The van der Waals surface area contributed by atoms with Crippen molar-refractivity contribution in [2.45, 2.75) is 112 Å². The summed E-state index contributed by atoms with van der Waals surface area (Å²) in [6, 6.07) is 0. The zero-order valence-electron chi connectivity index (χ0n) is 18.4. The van der Waals surface area contributed by atoms with Crippen molar-refractivity contribution in [3.8, 4) is 0 Å². The third-order valence-corrected chi connectivity index (χ3v) is 8.16. The molecule has 2 unspecified atom stereocenters. The molecule has 0 aliphatic heterocycles. The predicted octanol–water partition coefficient (Wildman–Crippen LogP) is 9.03. The van der Waals surface area contributed by atoms with Crippen molar-refractivity contribution in [2.24, 2.45) is 0 Å². The molecule has 34 heavy (non-hydrogen) atoms. The predicted molar refractivity (Wildman–Crippen MR) is 115 cm³/mol. The smallest absolute Gasteiger partial charge is 0.259 e. The van der Waals surface area contributed by atoms with E-state index in [1.807, 2.05) is 0 Å². The van der Waals surface area contributed by atoms with E-state index in [4.69, 9.17) is 23.2 Å². The Hall–Kier alpha value is 0.0300. The molecule has 0 radical (unpaired) electrons. The Kier molecular flexibility index (Phi) is 15.3. The molecule has 0 heterocycles. The molecule has 206 valence electrons. The van der Waals surface area contributed by atoms with Gasteiger partial charge in [0.15, 0.2) is 0 Å². The van der Waals surface area contributed by atoms with E-state index in [-0.39, 0.29) is 24.6 Å². The maximum atomic E-state index is 13.4. The lowest BCUT2D eigenvalue weighted by Gasteiger charge is -2.27. The first-order valence-electron chi connectivity index (χ1n) is 10.9. The summed E-state index contributed by atoms with van der Waals surface area (Å²) in [5.41, 5.74) is 0. The molecule has 0 aromatic heterocycles. The third-order valence-electron chi connectivity index (χ3n) is 5.37. The molecule has 0 N–H and O–H groups in total. The highest BCUT2D eigenvalue weighted by molar-refractivity contribution is 7.86. The van der Waals surface area contributed by atoms with Gasteiger partial charge in [-0.1, -0.05) is 25.7 Å². The quantitative estimate of drug-likeness (QED) is 0.0900. The van der Waals surface area contributed by atoms with Crippen LogP contribution in [0.25, 0.3) is 0 Å². The van der Waals surface area contributed by atoms with Crippen LogP contribution in [0.4, 0.5) is 43.9 Å². The Morgan fingerprint density at radius 2 is 0.853 bits per heavy atom. The first-order chi connectivity index (χ1) is 15.5. The van der Waals surface area contributed by atoms with Crippen molar-refractivity contribution in [1.82, 2.24) is 0 Å². The van der Waals surface area contributed by atoms with Crippen molar-refractivity contribution < 1.29 is 48.1 Å². The van der Waals surface area contributed by atoms with Gasteiger partial charge in [-0.3, -0.25) is 4.21 Å². The first-order valence-corrected chi connectivity index (χ1v) is 13.2. The van der Waals surface area contributed by atoms with Crippen LogP contribution in [0.3, 0.4) is 0 Å². The molecular formula is C20H30Cl2F10OS. The van der Waals surface area contributed by atoms with Crippen LogP contribution >= 0.6 is 23.2 Å². The van der Waals surface area contributed by atoms with E-state index in [1.165, 1.54) is 0 Å². The van der Waals surface area contributed by atoms with Crippen LogP contribution in [0.2, 0.25) is 0 Å². The molecule has 0 saturated carbocycles. The summed E-state index contributed by atoms with van der Waals surface area (Å²) < 4.78 is 142. The van der Waals surface area contributed by atoms with Gasteiger partial charge < -0.3 is 0 Å². The summed E-state index contributed by atoms with van der Waals surface area (Å²) in [7, 11) is -2.20. The molecule has 0 aromatic rings. The minimum atomic E-state index is -5.81. The lowest BCUT2D eigenvalue weighted by atomic mass is 10.0. The number of hydrogen-bond donors (Lipinski definition) is 0. The van der Waals surface area contributed by atoms with Crippen LogP contribution in [-0.2, 0) is 10.8 Å². The van der Waals surface area contributed by atoms with E-state index in [9.17, 15) is 48.1 Å². The highest BCUT2D eigenvalue weighted by Crippen LogP contribution is 2.42. The number of alkyl halides is 12. The number of unbranched alkanes of at least 4 members (excludes halogenated alkanes) is 4. The second-order valence-electron chi connectivity index (χ2n) is 8.13. The fraction of sp³-hybridized carbons (Fsp3) is 1.00. The van der Waals surface area contributed by atoms with Crippen molar-refractivity contribution in [3.05, 3.63) is 0 Å². The largest absolute Gasteiger partial charge is 0.453 e. The Labute approximate surface area is 205 Å². The fourth-order valence-corrected chi connectivity index (χ4v) is 5.70. The Morgan fingerprint density at radius 1 is 0.529 bits per heavy atom. The molecule has 0 amide bonds. The summed E-state index contributed by atoms with van der Waals surface area (Å²) >= 11 is 11.1. The van der Waals surface area contributed by atoms with Gasteiger partial charge in [-0.15, -0.1) is 23.2 Å². The molecule has 14 heteroatoms. The molecule has 0 aliphatic carbocycles. The van der Waals surface area contributed by atoms with Gasteiger partial charge >= 0.3 is 24.2 Å². The molecular weight excluding hydrogens is 549 g/mol. The van der Waals surface area contributed by atoms with Crippen molar-refractivity contribution in [3.63, 3.8) is 0 Å². The van der Waals surface area contributed by atoms with E-state index in [2.05, 4.69) is 0 Å². The third kappa shape index (κ3) is 12.3. The van der Waals surface area contributed by atoms with E-state index in [1.54, 1.807) is 0 Å². The van der Waals surface area contributed by atoms with E-state index in [0.717, 1.165) is 0 Å². The number of rotatable bonds is 18. The lowest BCUT2D eigenvalue weighted by Crippen LogP contribution is -2.39. The van der Waals surface area contributed by atoms with E-state index >= 15 is 0 Å². The molecule has 0 saturated heterocycles. The topological polar surface area (TPSA) is 17.1 Å². The lowest BCUT2D eigenvalue weighted by molar-refractivity contribution is -0.284. The van der Waals surface area contributed by atoms with Crippen LogP contribution in [0, 0.1) is 0 Å². The Morgan fingerprint density at radius 3 is 1.12 bits per heavy atom. The van der Waals surface area contributed by atoms with Crippen molar-refractivity contribution in [1.29, 1.82) is 0 Å². The summed E-state index contributed by atoms with van der Waals surface area (Å²) in [4.78, 5) is 0. The van der Waals surface area contributed by atoms with Crippen LogP contribution in [-0.4, -0.2) is 50.7 Å². The Balaban J connectivity index is 5.56. The maximum absolute atomic E-state index is 13.4. The minimum Gasteiger partial charge on any atom is -0.259 e. The van der Waals surface area contributed by atoms with Crippen molar-refractivity contribution >= 4 is 34.0 Å². The summed E-state index contributed by atoms with van der Waals surface area (Å²) in [5.74, 6) is -9.53. The molecule has 1 nitrogen and oxygen atoms in total. The highest BCUT2D eigenvalue weighted by atomic mass is 35.5. The van der Waals surface area contributed by atoms with Crippen LogP contribution in [0.5, 0.6) is 0 Å².